The number of methoxy groups -OCH3 is 1. The van der Waals surface area contributed by atoms with Crippen LogP contribution in [0.4, 0.5) is 0 Å². The molecule has 2 aromatic carbocycles. The summed E-state index contributed by atoms with van der Waals surface area (Å²) in [5, 5.41) is 0.892. The molecule has 0 amide bonds. The number of para-hydroxylation sites is 1. The molecule has 0 unspecified atom stereocenters. The van der Waals surface area contributed by atoms with E-state index < -0.39 is 0 Å². The Morgan fingerprint density at radius 3 is 2.39 bits per heavy atom. The lowest BCUT2D eigenvalue weighted by Gasteiger charge is -2.03. The summed E-state index contributed by atoms with van der Waals surface area (Å²) in [7, 11) is 1.69. The SMILES string of the molecule is COc1ccccc1/C=C/c1ccc(CBr)cc1. The number of alkyl halides is 1. The smallest absolute Gasteiger partial charge is 0.126 e. The Morgan fingerprint density at radius 1 is 1.00 bits per heavy atom. The molecular weight excluding hydrogens is 288 g/mol. The number of hydrogen-bond acceptors (Lipinski definition) is 1. The Bertz CT molecular complexity index is 529. The molecule has 0 aliphatic rings. The summed E-state index contributed by atoms with van der Waals surface area (Å²) in [4.78, 5) is 0. The van der Waals surface area contributed by atoms with Crippen LogP contribution in [-0.2, 0) is 5.33 Å². The molecule has 0 heterocycles. The molecule has 0 aromatic heterocycles. The maximum absolute atomic E-state index is 5.31. The summed E-state index contributed by atoms with van der Waals surface area (Å²) in [5.74, 6) is 0.894. The highest BCUT2D eigenvalue weighted by Gasteiger charge is 1.96. The monoisotopic (exact) mass is 302 g/mol. The summed E-state index contributed by atoms with van der Waals surface area (Å²) >= 11 is 3.44. The lowest BCUT2D eigenvalue weighted by atomic mass is 10.1. The molecule has 0 bridgehead atoms. The van der Waals surface area contributed by atoms with Crippen LogP contribution in [0.15, 0.2) is 48.5 Å². The van der Waals surface area contributed by atoms with Gasteiger partial charge in [-0.1, -0.05) is 70.5 Å². The molecule has 0 N–H and O–H groups in total. The van der Waals surface area contributed by atoms with Crippen molar-refractivity contribution in [1.29, 1.82) is 0 Å². The van der Waals surface area contributed by atoms with Crippen LogP contribution in [0.2, 0.25) is 0 Å². The minimum atomic E-state index is 0.892. The van der Waals surface area contributed by atoms with Gasteiger partial charge in [0.25, 0.3) is 0 Å². The fraction of sp³-hybridized carbons (Fsp3) is 0.125. The quantitative estimate of drug-likeness (QED) is 0.584. The van der Waals surface area contributed by atoms with Gasteiger partial charge in [0.1, 0.15) is 5.75 Å². The fourth-order valence-corrected chi connectivity index (χ4v) is 2.08. The molecule has 1 nitrogen and oxygen atoms in total. The predicted octanol–water partition coefficient (Wildman–Crippen LogP) is 4.76. The second-order valence-electron chi connectivity index (χ2n) is 3.95. The molecule has 2 rings (SSSR count). The molecule has 0 spiro atoms. The van der Waals surface area contributed by atoms with Gasteiger partial charge >= 0.3 is 0 Å². The number of halogens is 1. The Kier molecular flexibility index (Phi) is 4.59. The zero-order valence-corrected chi connectivity index (χ0v) is 11.9. The van der Waals surface area contributed by atoms with Gasteiger partial charge < -0.3 is 4.74 Å². The first-order chi connectivity index (χ1) is 8.83. The van der Waals surface area contributed by atoms with Crippen LogP contribution < -0.4 is 4.74 Å². The predicted molar refractivity (Wildman–Crippen MR) is 81.0 cm³/mol. The highest BCUT2D eigenvalue weighted by molar-refractivity contribution is 9.08. The van der Waals surface area contributed by atoms with E-state index in [0.717, 1.165) is 16.6 Å². The Morgan fingerprint density at radius 2 is 1.72 bits per heavy atom. The molecule has 0 radical (unpaired) electrons. The van der Waals surface area contributed by atoms with Gasteiger partial charge in [-0.2, -0.15) is 0 Å². The average Bonchev–Trinajstić information content (AvgIpc) is 2.46. The van der Waals surface area contributed by atoms with Crippen LogP contribution in [0, 0.1) is 0 Å². The number of hydrogen-bond donors (Lipinski definition) is 0. The second-order valence-corrected chi connectivity index (χ2v) is 4.51. The molecule has 0 aliphatic carbocycles. The van der Waals surface area contributed by atoms with E-state index in [-0.39, 0.29) is 0 Å². The van der Waals surface area contributed by atoms with Crippen LogP contribution in [-0.4, -0.2) is 7.11 Å². The van der Waals surface area contributed by atoms with Crippen molar-refractivity contribution < 1.29 is 4.74 Å². The third kappa shape index (κ3) is 3.23. The van der Waals surface area contributed by atoms with E-state index in [2.05, 4.69) is 52.3 Å². The van der Waals surface area contributed by atoms with Crippen molar-refractivity contribution in [3.8, 4) is 5.75 Å². The molecular formula is C16H15BrO. The molecule has 2 heteroatoms. The fourth-order valence-electron chi connectivity index (χ4n) is 1.71. The highest BCUT2D eigenvalue weighted by Crippen LogP contribution is 2.20. The zero-order chi connectivity index (χ0) is 12.8. The number of ether oxygens (including phenoxy) is 1. The second kappa shape index (κ2) is 6.41. The summed E-state index contributed by atoms with van der Waals surface area (Å²) in [6, 6.07) is 16.5. The van der Waals surface area contributed by atoms with E-state index in [9.17, 15) is 0 Å². The summed E-state index contributed by atoms with van der Waals surface area (Å²) in [6.45, 7) is 0. The molecule has 18 heavy (non-hydrogen) atoms. The largest absolute Gasteiger partial charge is 0.496 e. The third-order valence-corrected chi connectivity index (χ3v) is 3.38. The van der Waals surface area contributed by atoms with E-state index in [1.807, 2.05) is 24.3 Å². The highest BCUT2D eigenvalue weighted by atomic mass is 79.9. The van der Waals surface area contributed by atoms with Crippen LogP contribution in [0.5, 0.6) is 5.75 Å². The lowest BCUT2D eigenvalue weighted by Crippen LogP contribution is -1.85. The maximum Gasteiger partial charge on any atom is 0.126 e. The Balaban J connectivity index is 2.19. The van der Waals surface area contributed by atoms with Gasteiger partial charge in [0.05, 0.1) is 7.11 Å². The molecule has 92 valence electrons. The summed E-state index contributed by atoms with van der Waals surface area (Å²) in [5.41, 5.74) is 3.56. The number of benzene rings is 2. The van der Waals surface area contributed by atoms with Crippen LogP contribution in [0.3, 0.4) is 0 Å². The zero-order valence-electron chi connectivity index (χ0n) is 10.3. The van der Waals surface area contributed by atoms with Gasteiger partial charge in [0.2, 0.25) is 0 Å². The summed E-state index contributed by atoms with van der Waals surface area (Å²) in [6.07, 6.45) is 4.16. The Hall–Kier alpha value is -1.54. The average molecular weight is 303 g/mol. The van der Waals surface area contributed by atoms with E-state index in [1.54, 1.807) is 7.11 Å². The van der Waals surface area contributed by atoms with E-state index in [0.29, 0.717) is 0 Å². The molecule has 0 fully saturated rings. The first-order valence-corrected chi connectivity index (χ1v) is 6.91. The molecule has 2 aromatic rings. The summed E-state index contributed by atoms with van der Waals surface area (Å²) < 4.78 is 5.31. The lowest BCUT2D eigenvalue weighted by molar-refractivity contribution is 0.414. The van der Waals surface area contributed by atoms with E-state index in [4.69, 9.17) is 4.74 Å². The molecule has 0 saturated carbocycles. The van der Waals surface area contributed by atoms with Gasteiger partial charge in [-0.25, -0.2) is 0 Å². The van der Waals surface area contributed by atoms with Crippen LogP contribution >= 0.6 is 15.9 Å². The topological polar surface area (TPSA) is 9.23 Å². The molecule has 0 saturated heterocycles. The van der Waals surface area contributed by atoms with Gasteiger partial charge in [-0.3, -0.25) is 0 Å². The van der Waals surface area contributed by atoms with Crippen molar-refractivity contribution in [3.05, 3.63) is 65.2 Å². The van der Waals surface area contributed by atoms with E-state index in [1.165, 1.54) is 11.1 Å². The van der Waals surface area contributed by atoms with Gasteiger partial charge in [0.15, 0.2) is 0 Å². The van der Waals surface area contributed by atoms with Crippen molar-refractivity contribution in [2.24, 2.45) is 0 Å². The van der Waals surface area contributed by atoms with Crippen LogP contribution in [0.25, 0.3) is 12.2 Å². The standard InChI is InChI=1S/C16H15BrO/c1-18-16-5-3-2-4-15(16)11-10-13-6-8-14(12-17)9-7-13/h2-11H,12H2,1H3/b11-10+. The minimum Gasteiger partial charge on any atom is -0.496 e. The van der Waals surface area contributed by atoms with Gasteiger partial charge in [0, 0.05) is 10.9 Å². The van der Waals surface area contributed by atoms with Crippen molar-refractivity contribution in [3.63, 3.8) is 0 Å². The van der Waals surface area contributed by atoms with E-state index >= 15 is 0 Å². The first kappa shape index (κ1) is 12.9. The Labute approximate surface area is 116 Å². The van der Waals surface area contributed by atoms with Crippen molar-refractivity contribution in [2.75, 3.05) is 7.11 Å². The minimum absolute atomic E-state index is 0.892. The van der Waals surface area contributed by atoms with Crippen molar-refractivity contribution in [1.82, 2.24) is 0 Å². The van der Waals surface area contributed by atoms with Crippen molar-refractivity contribution in [2.45, 2.75) is 5.33 Å². The maximum atomic E-state index is 5.31. The molecule has 0 atom stereocenters. The third-order valence-electron chi connectivity index (χ3n) is 2.73. The number of rotatable bonds is 4. The normalized spacial score (nSPS) is 10.8. The van der Waals surface area contributed by atoms with Gasteiger partial charge in [-0.05, 0) is 17.2 Å². The van der Waals surface area contributed by atoms with Crippen molar-refractivity contribution >= 4 is 28.1 Å². The first-order valence-electron chi connectivity index (χ1n) is 5.79. The van der Waals surface area contributed by atoms with Gasteiger partial charge in [-0.15, -0.1) is 0 Å². The van der Waals surface area contributed by atoms with Crippen LogP contribution in [0.1, 0.15) is 16.7 Å². The molecule has 0 aliphatic heterocycles.